The van der Waals surface area contributed by atoms with E-state index in [2.05, 4.69) is 24.5 Å². The summed E-state index contributed by atoms with van der Waals surface area (Å²) in [7, 11) is 0. The monoisotopic (exact) mass is 372 g/mol. The predicted molar refractivity (Wildman–Crippen MR) is 108 cm³/mol. The maximum atomic E-state index is 12.4. The van der Waals surface area contributed by atoms with Crippen molar-refractivity contribution in [1.29, 1.82) is 0 Å². The Kier molecular flexibility index (Phi) is 7.41. The molecule has 0 aliphatic rings. The van der Waals surface area contributed by atoms with Crippen molar-refractivity contribution in [3.63, 3.8) is 0 Å². The minimum atomic E-state index is -0.293. The molecule has 26 heavy (non-hydrogen) atoms. The van der Waals surface area contributed by atoms with Gasteiger partial charge in [-0.1, -0.05) is 26.0 Å². The van der Waals surface area contributed by atoms with Gasteiger partial charge in [-0.2, -0.15) is 0 Å². The van der Waals surface area contributed by atoms with E-state index in [0.29, 0.717) is 30.4 Å². The number of carbonyl (C=O) groups is 1. The van der Waals surface area contributed by atoms with Crippen LogP contribution in [0.2, 0.25) is 0 Å². The second-order valence-electron chi connectivity index (χ2n) is 6.10. The number of ether oxygens (including phenoxy) is 2. The first-order chi connectivity index (χ1) is 12.5. The number of rotatable bonds is 7. The van der Waals surface area contributed by atoms with Gasteiger partial charge in [0.25, 0.3) is 5.91 Å². The molecule has 0 aliphatic heterocycles. The van der Waals surface area contributed by atoms with Gasteiger partial charge in [-0.05, 0) is 55.4 Å². The highest BCUT2D eigenvalue weighted by Gasteiger charge is 2.10. The number of hydrogen-bond acceptors (Lipinski definition) is 4. The van der Waals surface area contributed by atoms with Gasteiger partial charge in [0.1, 0.15) is 11.5 Å². The van der Waals surface area contributed by atoms with Crippen LogP contribution in [0.4, 0.5) is 5.69 Å². The van der Waals surface area contributed by atoms with Crippen molar-refractivity contribution in [3.05, 3.63) is 54.1 Å². The molecule has 0 aromatic heterocycles. The number of hydrogen-bond donors (Lipinski definition) is 2. The van der Waals surface area contributed by atoms with Crippen LogP contribution >= 0.6 is 12.2 Å². The third-order valence-electron chi connectivity index (χ3n) is 3.31. The molecule has 0 atom stereocenters. The van der Waals surface area contributed by atoms with Gasteiger partial charge in [0.15, 0.2) is 5.11 Å². The molecule has 2 N–H and O–H groups in total. The molecule has 0 aliphatic carbocycles. The first-order valence-corrected chi connectivity index (χ1v) is 8.96. The van der Waals surface area contributed by atoms with Crippen LogP contribution in [-0.2, 0) is 0 Å². The molecule has 0 saturated heterocycles. The Bertz CT molecular complexity index is 762. The standard InChI is InChI=1S/C20H24N2O3S/c1-4-24-18-10-6-8-16(12-18)21-20(26)22-19(23)15-7-5-9-17(11-15)25-13-14(2)3/h5-12,14H,4,13H2,1-3H3,(H2,21,22,23,26). The van der Waals surface area contributed by atoms with E-state index >= 15 is 0 Å². The molecule has 0 fully saturated rings. The van der Waals surface area contributed by atoms with E-state index in [9.17, 15) is 4.79 Å². The fourth-order valence-corrected chi connectivity index (χ4v) is 2.37. The average Bonchev–Trinajstić information content (AvgIpc) is 2.60. The Labute approximate surface area is 159 Å². The van der Waals surface area contributed by atoms with Gasteiger partial charge >= 0.3 is 0 Å². The van der Waals surface area contributed by atoms with Gasteiger partial charge in [0.05, 0.1) is 13.2 Å². The summed E-state index contributed by atoms with van der Waals surface area (Å²) in [5, 5.41) is 5.88. The Morgan fingerprint density at radius 3 is 2.46 bits per heavy atom. The quantitative estimate of drug-likeness (QED) is 0.712. The lowest BCUT2D eigenvalue weighted by molar-refractivity contribution is 0.0977. The number of amides is 1. The van der Waals surface area contributed by atoms with Gasteiger partial charge < -0.3 is 14.8 Å². The fraction of sp³-hybridized carbons (Fsp3) is 0.300. The number of nitrogens with one attached hydrogen (secondary N) is 2. The van der Waals surface area contributed by atoms with E-state index in [1.165, 1.54) is 0 Å². The third kappa shape index (κ3) is 6.37. The second kappa shape index (κ2) is 9.77. The molecule has 0 spiro atoms. The fourth-order valence-electron chi connectivity index (χ4n) is 2.16. The van der Waals surface area contributed by atoms with Crippen molar-refractivity contribution in [1.82, 2.24) is 5.32 Å². The Balaban J connectivity index is 1.95. The molecular weight excluding hydrogens is 348 g/mol. The summed E-state index contributed by atoms with van der Waals surface area (Å²) >= 11 is 5.22. The largest absolute Gasteiger partial charge is 0.494 e. The van der Waals surface area contributed by atoms with E-state index in [1.54, 1.807) is 18.2 Å². The molecular formula is C20H24N2O3S. The summed E-state index contributed by atoms with van der Waals surface area (Å²) < 4.78 is 11.1. The van der Waals surface area contributed by atoms with Crippen molar-refractivity contribution in [3.8, 4) is 11.5 Å². The van der Waals surface area contributed by atoms with Gasteiger partial charge in [0, 0.05) is 17.3 Å². The zero-order valence-electron chi connectivity index (χ0n) is 15.2. The number of anilines is 1. The Hall–Kier alpha value is -2.60. The zero-order valence-corrected chi connectivity index (χ0v) is 16.1. The van der Waals surface area contributed by atoms with Crippen LogP contribution in [0.25, 0.3) is 0 Å². The SMILES string of the molecule is CCOc1cccc(NC(=S)NC(=O)c2cccc(OCC(C)C)c2)c1. The van der Waals surface area contributed by atoms with Gasteiger partial charge in [0.2, 0.25) is 0 Å². The van der Waals surface area contributed by atoms with Crippen LogP contribution < -0.4 is 20.1 Å². The first-order valence-electron chi connectivity index (χ1n) is 8.56. The maximum Gasteiger partial charge on any atom is 0.257 e. The first kappa shape index (κ1) is 19.7. The Morgan fingerprint density at radius 2 is 1.77 bits per heavy atom. The summed E-state index contributed by atoms with van der Waals surface area (Å²) in [5.74, 6) is 1.52. The van der Waals surface area contributed by atoms with Gasteiger partial charge in [-0.3, -0.25) is 10.1 Å². The van der Waals surface area contributed by atoms with Crippen LogP contribution in [0.15, 0.2) is 48.5 Å². The molecule has 0 unspecified atom stereocenters. The molecule has 0 heterocycles. The molecule has 1 amide bonds. The molecule has 0 radical (unpaired) electrons. The topological polar surface area (TPSA) is 59.6 Å². The minimum Gasteiger partial charge on any atom is -0.494 e. The highest BCUT2D eigenvalue weighted by molar-refractivity contribution is 7.80. The number of benzene rings is 2. The van der Waals surface area contributed by atoms with Crippen molar-refractivity contribution in [2.45, 2.75) is 20.8 Å². The normalized spacial score (nSPS) is 10.3. The lowest BCUT2D eigenvalue weighted by Gasteiger charge is -2.12. The summed E-state index contributed by atoms with van der Waals surface area (Å²) in [6.45, 7) is 7.24. The summed E-state index contributed by atoms with van der Waals surface area (Å²) in [5.41, 5.74) is 1.23. The van der Waals surface area contributed by atoms with Crippen LogP contribution in [0, 0.1) is 5.92 Å². The zero-order chi connectivity index (χ0) is 18.9. The molecule has 6 heteroatoms. The van der Waals surface area contributed by atoms with Crippen LogP contribution in [-0.4, -0.2) is 24.2 Å². The molecule has 2 aromatic rings. The predicted octanol–water partition coefficient (Wildman–Crippen LogP) is 4.25. The van der Waals surface area contributed by atoms with E-state index in [4.69, 9.17) is 21.7 Å². The van der Waals surface area contributed by atoms with Crippen LogP contribution in [0.3, 0.4) is 0 Å². The highest BCUT2D eigenvalue weighted by Crippen LogP contribution is 2.17. The summed E-state index contributed by atoms with van der Waals surface area (Å²) in [6, 6.07) is 14.4. The molecule has 0 saturated carbocycles. The molecule has 2 rings (SSSR count). The maximum absolute atomic E-state index is 12.4. The van der Waals surface area contributed by atoms with Crippen molar-refractivity contribution in [2.24, 2.45) is 5.92 Å². The minimum absolute atomic E-state index is 0.220. The van der Waals surface area contributed by atoms with Gasteiger partial charge in [-0.25, -0.2) is 0 Å². The van der Waals surface area contributed by atoms with E-state index in [1.807, 2.05) is 37.3 Å². The van der Waals surface area contributed by atoms with Crippen molar-refractivity contribution >= 4 is 28.9 Å². The van der Waals surface area contributed by atoms with E-state index in [0.717, 1.165) is 11.4 Å². The van der Waals surface area contributed by atoms with Crippen LogP contribution in [0.1, 0.15) is 31.1 Å². The second-order valence-corrected chi connectivity index (χ2v) is 6.51. The smallest absolute Gasteiger partial charge is 0.257 e. The average molecular weight is 372 g/mol. The van der Waals surface area contributed by atoms with E-state index in [-0.39, 0.29) is 11.0 Å². The molecule has 0 bridgehead atoms. The third-order valence-corrected chi connectivity index (χ3v) is 3.51. The lowest BCUT2D eigenvalue weighted by Crippen LogP contribution is -2.34. The van der Waals surface area contributed by atoms with Crippen molar-refractivity contribution in [2.75, 3.05) is 18.5 Å². The highest BCUT2D eigenvalue weighted by atomic mass is 32.1. The molecule has 2 aromatic carbocycles. The van der Waals surface area contributed by atoms with Gasteiger partial charge in [-0.15, -0.1) is 0 Å². The summed E-state index contributed by atoms with van der Waals surface area (Å²) in [4.78, 5) is 12.4. The Morgan fingerprint density at radius 1 is 1.08 bits per heavy atom. The summed E-state index contributed by atoms with van der Waals surface area (Å²) in [6.07, 6.45) is 0. The van der Waals surface area contributed by atoms with Crippen molar-refractivity contribution < 1.29 is 14.3 Å². The van der Waals surface area contributed by atoms with Crippen LogP contribution in [0.5, 0.6) is 11.5 Å². The van der Waals surface area contributed by atoms with E-state index < -0.39 is 0 Å². The number of carbonyl (C=O) groups excluding carboxylic acids is 1. The molecule has 5 nitrogen and oxygen atoms in total. The number of thiocarbonyl (C=S) groups is 1. The molecule has 138 valence electrons. The lowest BCUT2D eigenvalue weighted by atomic mass is 10.2.